The van der Waals surface area contributed by atoms with Crippen molar-refractivity contribution in [3.05, 3.63) is 46.7 Å². The number of hydrogen-bond acceptors (Lipinski definition) is 2. The Morgan fingerprint density at radius 3 is 2.60 bits per heavy atom. The van der Waals surface area contributed by atoms with Gasteiger partial charge < -0.3 is 0 Å². The van der Waals surface area contributed by atoms with Crippen LogP contribution in [0, 0.1) is 11.6 Å². The fraction of sp³-hybridized carbons (Fsp3) is 0. The Kier molecular flexibility index (Phi) is 2.73. The predicted octanol–water partition coefficient (Wildman–Crippen LogP) is 3.18. The molecule has 0 saturated carbocycles. The first-order valence-electron chi connectivity index (χ1n) is 4.11. The Labute approximate surface area is 93.1 Å². The van der Waals surface area contributed by atoms with E-state index in [1.165, 1.54) is 18.3 Å². The lowest BCUT2D eigenvalue weighted by molar-refractivity contribution is 0.585. The van der Waals surface area contributed by atoms with E-state index >= 15 is 0 Å². The van der Waals surface area contributed by atoms with Crippen molar-refractivity contribution in [2.24, 2.45) is 0 Å². The molecular formula is C10H5BrF2N2. The smallest absolute Gasteiger partial charge is 0.163 e. The summed E-state index contributed by atoms with van der Waals surface area (Å²) in [5.74, 6) is -1.07. The van der Waals surface area contributed by atoms with E-state index in [-0.39, 0.29) is 11.4 Å². The average molecular weight is 271 g/mol. The van der Waals surface area contributed by atoms with Crippen LogP contribution in [0.1, 0.15) is 0 Å². The summed E-state index contributed by atoms with van der Waals surface area (Å²) in [6, 6.07) is 4.92. The van der Waals surface area contributed by atoms with Crippen molar-refractivity contribution < 1.29 is 8.78 Å². The summed E-state index contributed by atoms with van der Waals surface area (Å²) in [5, 5.41) is 0. The standard InChI is InChI=1S/C10H5BrF2N2/c11-9-3-4-14-10(15-9)7-2-1-6(12)5-8(7)13/h1-5H. The third kappa shape index (κ3) is 2.18. The summed E-state index contributed by atoms with van der Waals surface area (Å²) in [6.45, 7) is 0. The highest BCUT2D eigenvalue weighted by atomic mass is 79.9. The van der Waals surface area contributed by atoms with E-state index < -0.39 is 11.6 Å². The van der Waals surface area contributed by atoms with Crippen LogP contribution in [-0.2, 0) is 0 Å². The zero-order chi connectivity index (χ0) is 10.8. The van der Waals surface area contributed by atoms with Crippen LogP contribution in [0.4, 0.5) is 8.78 Å². The van der Waals surface area contributed by atoms with Gasteiger partial charge in [-0.25, -0.2) is 18.7 Å². The molecule has 0 aliphatic carbocycles. The maximum absolute atomic E-state index is 13.3. The molecule has 76 valence electrons. The van der Waals surface area contributed by atoms with Gasteiger partial charge in [0.25, 0.3) is 0 Å². The van der Waals surface area contributed by atoms with Crippen LogP contribution in [0.5, 0.6) is 0 Å². The first-order chi connectivity index (χ1) is 7.16. The van der Waals surface area contributed by atoms with Gasteiger partial charge in [0.1, 0.15) is 16.2 Å². The molecule has 2 nitrogen and oxygen atoms in total. The second-order valence-electron chi connectivity index (χ2n) is 2.83. The van der Waals surface area contributed by atoms with Crippen LogP contribution in [0.25, 0.3) is 11.4 Å². The molecule has 1 heterocycles. The Balaban J connectivity index is 2.54. The van der Waals surface area contributed by atoms with Crippen LogP contribution in [0.15, 0.2) is 35.1 Å². The van der Waals surface area contributed by atoms with Gasteiger partial charge in [0.15, 0.2) is 5.82 Å². The van der Waals surface area contributed by atoms with E-state index in [1.54, 1.807) is 6.07 Å². The maximum atomic E-state index is 13.3. The topological polar surface area (TPSA) is 25.8 Å². The molecule has 0 radical (unpaired) electrons. The van der Waals surface area contributed by atoms with Crippen LogP contribution in [0.3, 0.4) is 0 Å². The highest BCUT2D eigenvalue weighted by Gasteiger charge is 2.08. The van der Waals surface area contributed by atoms with Gasteiger partial charge in [0.2, 0.25) is 0 Å². The largest absolute Gasteiger partial charge is 0.236 e. The summed E-state index contributed by atoms with van der Waals surface area (Å²) in [4.78, 5) is 7.87. The lowest BCUT2D eigenvalue weighted by Gasteiger charge is -2.01. The van der Waals surface area contributed by atoms with Crippen LogP contribution in [-0.4, -0.2) is 9.97 Å². The minimum Gasteiger partial charge on any atom is -0.236 e. The van der Waals surface area contributed by atoms with E-state index in [9.17, 15) is 8.78 Å². The van der Waals surface area contributed by atoms with Gasteiger partial charge in [-0.05, 0) is 34.1 Å². The van der Waals surface area contributed by atoms with Crippen molar-refractivity contribution in [2.45, 2.75) is 0 Å². The Bertz CT molecular complexity index is 503. The monoisotopic (exact) mass is 270 g/mol. The third-order valence-corrected chi connectivity index (χ3v) is 2.24. The molecule has 0 bridgehead atoms. The van der Waals surface area contributed by atoms with E-state index in [1.807, 2.05) is 0 Å². The molecular weight excluding hydrogens is 266 g/mol. The molecule has 0 N–H and O–H groups in total. The van der Waals surface area contributed by atoms with Gasteiger partial charge >= 0.3 is 0 Å². The molecule has 0 aliphatic rings. The maximum Gasteiger partial charge on any atom is 0.163 e. The number of hydrogen-bond donors (Lipinski definition) is 0. The van der Waals surface area contributed by atoms with E-state index in [2.05, 4.69) is 25.9 Å². The molecule has 0 saturated heterocycles. The molecule has 2 aromatic rings. The third-order valence-electron chi connectivity index (χ3n) is 1.79. The predicted molar refractivity (Wildman–Crippen MR) is 55.1 cm³/mol. The zero-order valence-corrected chi connectivity index (χ0v) is 9.00. The lowest BCUT2D eigenvalue weighted by atomic mass is 10.2. The number of nitrogens with zero attached hydrogens (tertiary/aromatic N) is 2. The Hall–Kier alpha value is -1.36. The van der Waals surface area contributed by atoms with Gasteiger partial charge in [-0.3, -0.25) is 0 Å². The quantitative estimate of drug-likeness (QED) is 0.744. The molecule has 1 aromatic heterocycles. The normalized spacial score (nSPS) is 10.3. The second kappa shape index (κ2) is 4.02. The van der Waals surface area contributed by atoms with E-state index in [0.717, 1.165) is 6.07 Å². The molecule has 15 heavy (non-hydrogen) atoms. The van der Waals surface area contributed by atoms with Crippen molar-refractivity contribution >= 4 is 15.9 Å². The van der Waals surface area contributed by atoms with Crippen molar-refractivity contribution in [3.8, 4) is 11.4 Å². The highest BCUT2D eigenvalue weighted by Crippen LogP contribution is 2.20. The minimum atomic E-state index is -0.673. The van der Waals surface area contributed by atoms with E-state index in [4.69, 9.17) is 0 Å². The molecule has 0 amide bonds. The van der Waals surface area contributed by atoms with Crippen molar-refractivity contribution in [1.82, 2.24) is 9.97 Å². The summed E-state index contributed by atoms with van der Waals surface area (Å²) in [7, 11) is 0. The number of halogens is 3. The summed E-state index contributed by atoms with van der Waals surface area (Å²) in [5.41, 5.74) is 0.178. The highest BCUT2D eigenvalue weighted by molar-refractivity contribution is 9.10. The van der Waals surface area contributed by atoms with E-state index in [0.29, 0.717) is 4.60 Å². The Morgan fingerprint density at radius 1 is 1.13 bits per heavy atom. The second-order valence-corrected chi connectivity index (χ2v) is 3.64. The molecule has 5 heteroatoms. The van der Waals surface area contributed by atoms with Gasteiger partial charge in [-0.2, -0.15) is 0 Å². The van der Waals surface area contributed by atoms with Crippen molar-refractivity contribution in [3.63, 3.8) is 0 Å². The number of benzene rings is 1. The molecule has 0 spiro atoms. The van der Waals surface area contributed by atoms with Gasteiger partial charge in [0, 0.05) is 12.3 Å². The minimum absolute atomic E-state index is 0.178. The molecule has 0 unspecified atom stereocenters. The fourth-order valence-electron chi connectivity index (χ4n) is 1.14. The van der Waals surface area contributed by atoms with Crippen LogP contribution in [0.2, 0.25) is 0 Å². The first-order valence-corrected chi connectivity index (χ1v) is 4.90. The van der Waals surface area contributed by atoms with Gasteiger partial charge in [0.05, 0.1) is 5.56 Å². The summed E-state index contributed by atoms with van der Waals surface area (Å²) < 4.78 is 26.5. The van der Waals surface area contributed by atoms with Gasteiger partial charge in [-0.15, -0.1) is 0 Å². The number of rotatable bonds is 1. The number of aromatic nitrogens is 2. The zero-order valence-electron chi connectivity index (χ0n) is 7.42. The van der Waals surface area contributed by atoms with Gasteiger partial charge in [-0.1, -0.05) is 0 Å². The lowest BCUT2D eigenvalue weighted by Crippen LogP contribution is -1.92. The van der Waals surface area contributed by atoms with Crippen molar-refractivity contribution in [2.75, 3.05) is 0 Å². The molecule has 0 atom stereocenters. The SMILES string of the molecule is Fc1ccc(-c2nccc(Br)n2)c(F)c1. The van der Waals surface area contributed by atoms with Crippen LogP contribution < -0.4 is 0 Å². The van der Waals surface area contributed by atoms with Crippen molar-refractivity contribution in [1.29, 1.82) is 0 Å². The molecule has 2 rings (SSSR count). The summed E-state index contributed by atoms with van der Waals surface area (Å²) in [6.07, 6.45) is 1.50. The molecule has 0 fully saturated rings. The van der Waals surface area contributed by atoms with Crippen LogP contribution >= 0.6 is 15.9 Å². The first kappa shape index (κ1) is 10.2. The Morgan fingerprint density at radius 2 is 1.93 bits per heavy atom. The summed E-state index contributed by atoms with van der Waals surface area (Å²) >= 11 is 3.15. The molecule has 1 aromatic carbocycles. The average Bonchev–Trinajstić information content (AvgIpc) is 2.17. The molecule has 0 aliphatic heterocycles. The fourth-order valence-corrected chi connectivity index (χ4v) is 1.42.